The van der Waals surface area contributed by atoms with Gasteiger partial charge in [0, 0.05) is 25.2 Å². The monoisotopic (exact) mass is 311 g/mol. The Morgan fingerprint density at radius 3 is 2.10 bits per heavy atom. The Labute approximate surface area is 135 Å². The Balaban J connectivity index is 2.85. The molecule has 0 amide bonds. The summed E-state index contributed by atoms with van der Waals surface area (Å²) in [7, 11) is 1.71. The number of hydrogen-bond donors (Lipinski definition) is 0. The number of alkyl halides is 1. The van der Waals surface area contributed by atoms with E-state index >= 15 is 0 Å². The molecule has 0 aliphatic rings. The normalized spacial score (nSPS) is 13.2. The number of rotatable bonds is 8. The van der Waals surface area contributed by atoms with Crippen LogP contribution in [0.1, 0.15) is 44.2 Å². The smallest absolute Gasteiger partial charge is 0.123 e. The molecule has 0 aliphatic carbocycles. The number of methoxy groups -OCH3 is 1. The molecule has 120 valence electrons. The van der Waals surface area contributed by atoms with Crippen LogP contribution >= 0.6 is 11.6 Å². The van der Waals surface area contributed by atoms with Crippen LogP contribution < -0.4 is 4.74 Å². The largest absolute Gasteiger partial charge is 0.496 e. The van der Waals surface area contributed by atoms with Crippen molar-refractivity contribution in [2.75, 3.05) is 26.7 Å². The van der Waals surface area contributed by atoms with Crippen LogP contribution in [0.3, 0.4) is 0 Å². The molecule has 21 heavy (non-hydrogen) atoms. The van der Waals surface area contributed by atoms with Gasteiger partial charge in [0.1, 0.15) is 5.75 Å². The molecule has 0 spiro atoms. The van der Waals surface area contributed by atoms with Gasteiger partial charge in [-0.25, -0.2) is 0 Å². The first kappa shape index (κ1) is 18.3. The Kier molecular flexibility index (Phi) is 7.55. The van der Waals surface area contributed by atoms with E-state index in [1.807, 2.05) is 6.07 Å². The number of nitrogens with zero attached hydrogens (tertiary/aromatic N) is 1. The van der Waals surface area contributed by atoms with Gasteiger partial charge in [0.2, 0.25) is 0 Å². The third-order valence-electron chi connectivity index (χ3n) is 3.39. The summed E-state index contributed by atoms with van der Waals surface area (Å²) in [6.45, 7) is 14.1. The second-order valence-electron chi connectivity index (χ2n) is 6.72. The van der Waals surface area contributed by atoms with Crippen molar-refractivity contribution in [1.82, 2.24) is 4.90 Å². The minimum Gasteiger partial charge on any atom is -0.496 e. The van der Waals surface area contributed by atoms with Gasteiger partial charge in [-0.3, -0.25) is 0 Å². The summed E-state index contributed by atoms with van der Waals surface area (Å²) in [5.74, 6) is 2.17. The summed E-state index contributed by atoms with van der Waals surface area (Å²) in [5, 5.41) is -0.0441. The van der Waals surface area contributed by atoms with E-state index in [0.29, 0.717) is 11.8 Å². The van der Waals surface area contributed by atoms with Crippen molar-refractivity contribution in [1.29, 1.82) is 0 Å². The number of ether oxygens (including phenoxy) is 1. The molecule has 0 saturated carbocycles. The molecule has 1 unspecified atom stereocenters. The molecule has 0 radical (unpaired) electrons. The van der Waals surface area contributed by atoms with E-state index in [2.05, 4.69) is 51.7 Å². The van der Waals surface area contributed by atoms with Crippen molar-refractivity contribution >= 4 is 11.6 Å². The average molecular weight is 312 g/mol. The van der Waals surface area contributed by atoms with Gasteiger partial charge in [-0.2, -0.15) is 0 Å². The lowest BCUT2D eigenvalue weighted by atomic mass is 10.1. The molecule has 0 N–H and O–H groups in total. The van der Waals surface area contributed by atoms with Crippen LogP contribution in [-0.4, -0.2) is 31.6 Å². The number of hydrogen-bond acceptors (Lipinski definition) is 2. The third-order valence-corrected chi connectivity index (χ3v) is 3.76. The molecule has 3 heteroatoms. The molecular weight excluding hydrogens is 282 g/mol. The van der Waals surface area contributed by atoms with Crippen molar-refractivity contribution < 1.29 is 4.74 Å². The molecule has 0 bridgehead atoms. The lowest BCUT2D eigenvalue weighted by Crippen LogP contribution is -2.34. The van der Waals surface area contributed by atoms with Crippen molar-refractivity contribution in [3.05, 3.63) is 29.3 Å². The minimum atomic E-state index is -0.0441. The first-order valence-electron chi connectivity index (χ1n) is 7.84. The highest BCUT2D eigenvalue weighted by atomic mass is 35.5. The SMILES string of the molecule is COc1ccc(C)cc1C(Cl)CN(CC(C)C)CC(C)C. The molecule has 0 aliphatic heterocycles. The number of aryl methyl sites for hydroxylation is 1. The molecule has 1 aromatic carbocycles. The topological polar surface area (TPSA) is 12.5 Å². The zero-order valence-corrected chi connectivity index (χ0v) is 15.1. The second kappa shape index (κ2) is 8.65. The Hall–Kier alpha value is -0.730. The van der Waals surface area contributed by atoms with Gasteiger partial charge < -0.3 is 9.64 Å². The fourth-order valence-corrected chi connectivity index (χ4v) is 3.05. The van der Waals surface area contributed by atoms with Crippen molar-refractivity contribution in [2.24, 2.45) is 11.8 Å². The van der Waals surface area contributed by atoms with E-state index in [9.17, 15) is 0 Å². The first-order chi connectivity index (χ1) is 9.83. The Bertz CT molecular complexity index is 421. The summed E-state index contributed by atoms with van der Waals surface area (Å²) in [6, 6.07) is 6.21. The molecule has 1 atom stereocenters. The van der Waals surface area contributed by atoms with E-state index < -0.39 is 0 Å². The van der Waals surface area contributed by atoms with Gasteiger partial charge in [-0.15, -0.1) is 11.6 Å². The highest BCUT2D eigenvalue weighted by Gasteiger charge is 2.19. The maximum atomic E-state index is 6.70. The predicted octanol–water partition coefficient (Wildman–Crippen LogP) is 4.90. The van der Waals surface area contributed by atoms with Gasteiger partial charge in [-0.05, 0) is 24.8 Å². The van der Waals surface area contributed by atoms with E-state index in [0.717, 1.165) is 30.9 Å². The van der Waals surface area contributed by atoms with Crippen molar-refractivity contribution in [2.45, 2.75) is 40.0 Å². The van der Waals surface area contributed by atoms with Gasteiger partial charge in [0.15, 0.2) is 0 Å². The quantitative estimate of drug-likeness (QED) is 0.633. The number of benzene rings is 1. The highest BCUT2D eigenvalue weighted by molar-refractivity contribution is 6.21. The molecule has 0 saturated heterocycles. The van der Waals surface area contributed by atoms with Crippen LogP contribution in [0.15, 0.2) is 18.2 Å². The molecule has 0 fully saturated rings. The van der Waals surface area contributed by atoms with Crippen molar-refractivity contribution in [3.63, 3.8) is 0 Å². The van der Waals surface area contributed by atoms with Gasteiger partial charge in [0.05, 0.1) is 12.5 Å². The molecule has 1 aromatic rings. The zero-order chi connectivity index (χ0) is 16.0. The summed E-state index contributed by atoms with van der Waals surface area (Å²) >= 11 is 6.70. The minimum absolute atomic E-state index is 0.0441. The molecular formula is C18H30ClNO. The van der Waals surface area contributed by atoms with Gasteiger partial charge in [-0.1, -0.05) is 45.4 Å². The molecule has 0 aromatic heterocycles. The zero-order valence-electron chi connectivity index (χ0n) is 14.3. The maximum Gasteiger partial charge on any atom is 0.123 e. The van der Waals surface area contributed by atoms with Crippen molar-refractivity contribution in [3.8, 4) is 5.75 Å². The van der Waals surface area contributed by atoms with E-state index in [4.69, 9.17) is 16.3 Å². The standard InChI is InChI=1S/C18H30ClNO/c1-13(2)10-20(11-14(3)4)12-17(19)16-9-15(5)7-8-18(16)21-6/h7-9,13-14,17H,10-12H2,1-6H3. The highest BCUT2D eigenvalue weighted by Crippen LogP contribution is 2.31. The van der Waals surface area contributed by atoms with Crippen LogP contribution in [-0.2, 0) is 0 Å². The Morgan fingerprint density at radius 2 is 1.62 bits per heavy atom. The summed E-state index contributed by atoms with van der Waals surface area (Å²) in [5.41, 5.74) is 2.31. The summed E-state index contributed by atoms with van der Waals surface area (Å²) in [6.07, 6.45) is 0. The van der Waals surface area contributed by atoms with Gasteiger partial charge >= 0.3 is 0 Å². The number of halogens is 1. The molecule has 1 rings (SSSR count). The van der Waals surface area contributed by atoms with Crippen LogP contribution in [0, 0.1) is 18.8 Å². The summed E-state index contributed by atoms with van der Waals surface area (Å²) in [4.78, 5) is 2.47. The average Bonchev–Trinajstić information content (AvgIpc) is 2.36. The Morgan fingerprint density at radius 1 is 1.05 bits per heavy atom. The van der Waals surface area contributed by atoms with Crippen LogP contribution in [0.4, 0.5) is 0 Å². The molecule has 0 heterocycles. The van der Waals surface area contributed by atoms with E-state index in [1.165, 1.54) is 5.56 Å². The lowest BCUT2D eigenvalue weighted by Gasteiger charge is -2.28. The first-order valence-corrected chi connectivity index (χ1v) is 8.28. The fourth-order valence-electron chi connectivity index (χ4n) is 2.68. The molecule has 2 nitrogen and oxygen atoms in total. The van der Waals surface area contributed by atoms with E-state index in [-0.39, 0.29) is 5.38 Å². The van der Waals surface area contributed by atoms with Gasteiger partial charge in [0.25, 0.3) is 0 Å². The third kappa shape index (κ3) is 6.27. The van der Waals surface area contributed by atoms with Crippen LogP contribution in [0.2, 0.25) is 0 Å². The fraction of sp³-hybridized carbons (Fsp3) is 0.667. The predicted molar refractivity (Wildman–Crippen MR) is 92.4 cm³/mol. The summed E-state index contributed by atoms with van der Waals surface area (Å²) < 4.78 is 5.46. The van der Waals surface area contributed by atoms with Crippen LogP contribution in [0.5, 0.6) is 5.75 Å². The maximum absolute atomic E-state index is 6.70. The lowest BCUT2D eigenvalue weighted by molar-refractivity contribution is 0.218. The second-order valence-corrected chi connectivity index (χ2v) is 7.25. The van der Waals surface area contributed by atoms with Crippen LogP contribution in [0.25, 0.3) is 0 Å². The van der Waals surface area contributed by atoms with E-state index in [1.54, 1.807) is 7.11 Å².